The van der Waals surface area contributed by atoms with Crippen molar-refractivity contribution >= 4 is 41.5 Å². The van der Waals surface area contributed by atoms with E-state index in [2.05, 4.69) is 35.2 Å². The van der Waals surface area contributed by atoms with Gasteiger partial charge in [-0.05, 0) is 50.4 Å². The van der Waals surface area contributed by atoms with Crippen LogP contribution in [0.2, 0.25) is 5.02 Å². The molecule has 0 aromatic heterocycles. The summed E-state index contributed by atoms with van der Waals surface area (Å²) in [6, 6.07) is 7.99. The number of aliphatic imine (C=N–C) groups is 1. The lowest BCUT2D eigenvalue weighted by molar-refractivity contribution is 0.121. The number of nitrogens with one attached hydrogen (secondary N) is 1. The van der Waals surface area contributed by atoms with Crippen LogP contribution in [0.3, 0.4) is 0 Å². The predicted molar refractivity (Wildman–Crippen MR) is 125 cm³/mol. The molecule has 1 aliphatic rings. The Labute approximate surface area is 186 Å². The molecule has 5 nitrogen and oxygen atoms in total. The number of likely N-dealkylation sites (tertiary alicyclic amines) is 1. The smallest absolute Gasteiger partial charge is 0.193 e. The molecule has 0 radical (unpaired) electrons. The van der Waals surface area contributed by atoms with E-state index in [-0.39, 0.29) is 24.0 Å². The van der Waals surface area contributed by atoms with Crippen LogP contribution in [0, 0.1) is 5.92 Å². The molecule has 0 aliphatic carbocycles. The van der Waals surface area contributed by atoms with Gasteiger partial charge in [-0.15, -0.1) is 24.0 Å². The van der Waals surface area contributed by atoms with E-state index in [1.807, 2.05) is 18.2 Å². The molecule has 1 aromatic rings. The SMILES string of the molecule is CCNC(=NCC1CCN(CCOC)CC1)N(C)Cc1ccccc1Cl.I. The van der Waals surface area contributed by atoms with E-state index in [9.17, 15) is 0 Å². The zero-order chi connectivity index (χ0) is 18.8. The Hall–Kier alpha value is -0.570. The van der Waals surface area contributed by atoms with Gasteiger partial charge in [0.2, 0.25) is 0 Å². The number of benzene rings is 1. The van der Waals surface area contributed by atoms with Crippen molar-refractivity contribution in [1.29, 1.82) is 0 Å². The molecule has 1 heterocycles. The summed E-state index contributed by atoms with van der Waals surface area (Å²) in [5, 5.41) is 4.21. The fourth-order valence-corrected chi connectivity index (χ4v) is 3.45. The number of ether oxygens (including phenoxy) is 1. The van der Waals surface area contributed by atoms with Crippen molar-refractivity contribution in [2.45, 2.75) is 26.3 Å². The van der Waals surface area contributed by atoms with E-state index in [0.717, 1.165) is 62.4 Å². The molecule has 0 amide bonds. The van der Waals surface area contributed by atoms with Crippen LogP contribution in [0.15, 0.2) is 29.3 Å². The van der Waals surface area contributed by atoms with E-state index in [4.69, 9.17) is 21.3 Å². The molecule has 2 rings (SSSR count). The second-order valence-corrected chi connectivity index (χ2v) is 7.33. The van der Waals surface area contributed by atoms with Gasteiger partial charge in [-0.1, -0.05) is 29.8 Å². The summed E-state index contributed by atoms with van der Waals surface area (Å²) in [6.07, 6.45) is 2.42. The molecule has 0 saturated carbocycles. The average Bonchev–Trinajstić information content (AvgIpc) is 2.66. The minimum absolute atomic E-state index is 0. The van der Waals surface area contributed by atoms with Crippen molar-refractivity contribution in [1.82, 2.24) is 15.1 Å². The number of rotatable bonds is 8. The van der Waals surface area contributed by atoms with Gasteiger partial charge in [-0.2, -0.15) is 0 Å². The Morgan fingerprint density at radius 1 is 1.33 bits per heavy atom. The second kappa shape index (κ2) is 13.6. The summed E-state index contributed by atoms with van der Waals surface area (Å²) in [6.45, 7) is 8.75. The molecule has 0 spiro atoms. The minimum atomic E-state index is 0. The van der Waals surface area contributed by atoms with Gasteiger partial charge < -0.3 is 19.9 Å². The summed E-state index contributed by atoms with van der Waals surface area (Å²) < 4.78 is 5.17. The van der Waals surface area contributed by atoms with E-state index < -0.39 is 0 Å². The van der Waals surface area contributed by atoms with Crippen LogP contribution < -0.4 is 5.32 Å². The highest BCUT2D eigenvalue weighted by atomic mass is 127. The third-order valence-corrected chi connectivity index (χ3v) is 5.25. The first-order chi connectivity index (χ1) is 12.6. The normalized spacial score (nSPS) is 16.1. The van der Waals surface area contributed by atoms with E-state index in [1.165, 1.54) is 12.8 Å². The Morgan fingerprint density at radius 2 is 2.04 bits per heavy atom. The fourth-order valence-electron chi connectivity index (χ4n) is 3.26. The van der Waals surface area contributed by atoms with Crippen LogP contribution in [0.1, 0.15) is 25.3 Å². The third kappa shape index (κ3) is 8.54. The quantitative estimate of drug-likeness (QED) is 0.330. The standard InChI is InChI=1S/C20H33ClN4O.HI/c1-4-22-20(24(2)16-18-7-5-6-8-19(18)21)23-15-17-9-11-25(12-10-17)13-14-26-3;/h5-8,17H,4,9-16H2,1-3H3,(H,22,23);1H. The van der Waals surface area contributed by atoms with Gasteiger partial charge in [0.15, 0.2) is 5.96 Å². The molecule has 1 aliphatic heterocycles. The van der Waals surface area contributed by atoms with Crippen LogP contribution in [0.4, 0.5) is 0 Å². The topological polar surface area (TPSA) is 40.1 Å². The van der Waals surface area contributed by atoms with Crippen molar-refractivity contribution in [3.8, 4) is 0 Å². The summed E-state index contributed by atoms with van der Waals surface area (Å²) >= 11 is 6.30. The van der Waals surface area contributed by atoms with Crippen molar-refractivity contribution in [2.75, 3.05) is 53.5 Å². The monoisotopic (exact) mass is 508 g/mol. The molecule has 0 bridgehead atoms. The van der Waals surface area contributed by atoms with Crippen molar-refractivity contribution < 1.29 is 4.74 Å². The van der Waals surface area contributed by atoms with Gasteiger partial charge in [0.1, 0.15) is 0 Å². The second-order valence-electron chi connectivity index (χ2n) is 6.92. The lowest BCUT2D eigenvalue weighted by atomic mass is 9.97. The molecule has 154 valence electrons. The van der Waals surface area contributed by atoms with Crippen molar-refractivity contribution in [3.63, 3.8) is 0 Å². The molecule has 0 unspecified atom stereocenters. The number of halogens is 2. The van der Waals surface area contributed by atoms with Gasteiger partial charge in [0.25, 0.3) is 0 Å². The molecular weight excluding hydrogens is 475 g/mol. The lowest BCUT2D eigenvalue weighted by Crippen LogP contribution is -2.40. The number of nitrogens with zero attached hydrogens (tertiary/aromatic N) is 3. The molecule has 1 aromatic carbocycles. The summed E-state index contributed by atoms with van der Waals surface area (Å²) in [5.74, 6) is 1.62. The molecular formula is C20H34ClIN4O. The van der Waals surface area contributed by atoms with Crippen LogP contribution in [-0.2, 0) is 11.3 Å². The summed E-state index contributed by atoms with van der Waals surface area (Å²) in [5.41, 5.74) is 1.12. The van der Waals surface area contributed by atoms with Gasteiger partial charge in [0.05, 0.1) is 6.61 Å². The summed E-state index contributed by atoms with van der Waals surface area (Å²) in [4.78, 5) is 9.53. The summed E-state index contributed by atoms with van der Waals surface area (Å²) in [7, 11) is 3.83. The highest BCUT2D eigenvalue weighted by Gasteiger charge is 2.19. The number of hydrogen-bond acceptors (Lipinski definition) is 3. The number of piperidine rings is 1. The van der Waals surface area contributed by atoms with Crippen LogP contribution in [0.25, 0.3) is 0 Å². The Kier molecular flexibility index (Phi) is 12.3. The third-order valence-electron chi connectivity index (χ3n) is 4.88. The van der Waals surface area contributed by atoms with Gasteiger partial charge >= 0.3 is 0 Å². The van der Waals surface area contributed by atoms with Crippen LogP contribution >= 0.6 is 35.6 Å². The lowest BCUT2D eigenvalue weighted by Gasteiger charge is -2.31. The van der Waals surface area contributed by atoms with E-state index in [0.29, 0.717) is 5.92 Å². The molecule has 0 atom stereocenters. The first kappa shape index (κ1) is 24.5. The van der Waals surface area contributed by atoms with Gasteiger partial charge in [-0.3, -0.25) is 4.99 Å². The maximum Gasteiger partial charge on any atom is 0.193 e. The first-order valence-corrected chi connectivity index (χ1v) is 9.96. The maximum atomic E-state index is 6.30. The number of guanidine groups is 1. The van der Waals surface area contributed by atoms with Crippen molar-refractivity contribution in [3.05, 3.63) is 34.9 Å². The van der Waals surface area contributed by atoms with E-state index >= 15 is 0 Å². The highest BCUT2D eigenvalue weighted by Crippen LogP contribution is 2.18. The molecule has 1 saturated heterocycles. The molecule has 1 N–H and O–H groups in total. The largest absolute Gasteiger partial charge is 0.383 e. The average molecular weight is 509 g/mol. The molecule has 7 heteroatoms. The Balaban J connectivity index is 0.00000364. The van der Waals surface area contributed by atoms with Gasteiger partial charge in [0, 0.05) is 45.4 Å². The van der Waals surface area contributed by atoms with Gasteiger partial charge in [-0.25, -0.2) is 0 Å². The number of hydrogen-bond donors (Lipinski definition) is 1. The Morgan fingerprint density at radius 3 is 2.67 bits per heavy atom. The molecule has 27 heavy (non-hydrogen) atoms. The molecule has 1 fully saturated rings. The maximum absolute atomic E-state index is 6.30. The van der Waals surface area contributed by atoms with Crippen LogP contribution in [-0.4, -0.2) is 69.2 Å². The Bertz CT molecular complexity index is 565. The van der Waals surface area contributed by atoms with Crippen molar-refractivity contribution in [2.24, 2.45) is 10.9 Å². The number of methoxy groups -OCH3 is 1. The highest BCUT2D eigenvalue weighted by molar-refractivity contribution is 14.0. The first-order valence-electron chi connectivity index (χ1n) is 9.58. The zero-order valence-corrected chi connectivity index (χ0v) is 19.9. The minimum Gasteiger partial charge on any atom is -0.383 e. The van der Waals surface area contributed by atoms with E-state index in [1.54, 1.807) is 7.11 Å². The fraction of sp³-hybridized carbons (Fsp3) is 0.650. The van der Waals surface area contributed by atoms with Crippen LogP contribution in [0.5, 0.6) is 0 Å². The zero-order valence-electron chi connectivity index (χ0n) is 16.8. The predicted octanol–water partition coefficient (Wildman–Crippen LogP) is 3.71.